The molecule has 2 aromatic carbocycles. The van der Waals surface area contributed by atoms with E-state index in [2.05, 4.69) is 15.6 Å². The summed E-state index contributed by atoms with van der Waals surface area (Å²) in [4.78, 5) is 27.5. The fourth-order valence-corrected chi connectivity index (χ4v) is 2.25. The first kappa shape index (κ1) is 14.8. The molecule has 0 saturated carbocycles. The highest BCUT2D eigenvalue weighted by Crippen LogP contribution is 2.23. The Morgan fingerprint density at radius 1 is 1.09 bits per heavy atom. The summed E-state index contributed by atoms with van der Waals surface area (Å²) < 4.78 is 5.53. The fourth-order valence-electron chi connectivity index (χ4n) is 2.25. The van der Waals surface area contributed by atoms with E-state index in [1.54, 1.807) is 30.3 Å². The van der Waals surface area contributed by atoms with E-state index in [0.717, 1.165) is 5.56 Å². The lowest BCUT2D eigenvalue weighted by Crippen LogP contribution is -2.13. The summed E-state index contributed by atoms with van der Waals surface area (Å²) in [5.41, 5.74) is 3.12. The summed E-state index contributed by atoms with van der Waals surface area (Å²) in [5.74, 6) is -0.450. The lowest BCUT2D eigenvalue weighted by molar-refractivity contribution is -0.114. The molecule has 1 heterocycles. The second kappa shape index (κ2) is 5.92. The van der Waals surface area contributed by atoms with E-state index in [1.807, 2.05) is 19.1 Å². The van der Waals surface area contributed by atoms with Gasteiger partial charge in [0, 0.05) is 24.2 Å². The van der Waals surface area contributed by atoms with Crippen LogP contribution in [0.25, 0.3) is 11.1 Å². The van der Waals surface area contributed by atoms with Gasteiger partial charge < -0.3 is 9.73 Å². The number of fused-ring (bicyclic) bond motifs is 1. The van der Waals surface area contributed by atoms with Gasteiger partial charge in [-0.15, -0.1) is 0 Å². The molecule has 3 aromatic rings. The second-order valence-corrected chi connectivity index (χ2v) is 5.15. The quantitative estimate of drug-likeness (QED) is 0.777. The molecule has 6 nitrogen and oxygen atoms in total. The van der Waals surface area contributed by atoms with Crippen molar-refractivity contribution < 1.29 is 14.0 Å². The second-order valence-electron chi connectivity index (χ2n) is 5.15. The fraction of sp³-hybridized carbons (Fsp3) is 0.118. The Balaban J connectivity index is 1.85. The van der Waals surface area contributed by atoms with Crippen LogP contribution < -0.4 is 10.6 Å². The summed E-state index contributed by atoms with van der Waals surface area (Å²) in [6, 6.07) is 12.5. The van der Waals surface area contributed by atoms with Crippen molar-refractivity contribution in [1.82, 2.24) is 4.98 Å². The van der Waals surface area contributed by atoms with Gasteiger partial charge >= 0.3 is 6.01 Å². The largest absolute Gasteiger partial charge is 0.423 e. The maximum atomic E-state index is 12.3. The number of aromatic nitrogens is 1. The van der Waals surface area contributed by atoms with Crippen LogP contribution in [0, 0.1) is 6.92 Å². The number of nitrogens with zero attached hydrogens (tertiary/aromatic N) is 1. The Morgan fingerprint density at radius 2 is 1.87 bits per heavy atom. The number of nitrogens with one attached hydrogen (secondary N) is 2. The Kier molecular flexibility index (Phi) is 3.80. The summed E-state index contributed by atoms with van der Waals surface area (Å²) in [6.07, 6.45) is 0. The van der Waals surface area contributed by atoms with Gasteiger partial charge in [-0.1, -0.05) is 18.2 Å². The molecule has 0 atom stereocenters. The molecule has 6 heteroatoms. The molecule has 2 N–H and O–H groups in total. The minimum Gasteiger partial charge on any atom is -0.423 e. The number of anilines is 2. The van der Waals surface area contributed by atoms with Gasteiger partial charge in [0.15, 0.2) is 5.58 Å². The molecule has 116 valence electrons. The summed E-state index contributed by atoms with van der Waals surface area (Å²) in [5, 5.41) is 5.31. The van der Waals surface area contributed by atoms with E-state index in [-0.39, 0.29) is 17.8 Å². The van der Waals surface area contributed by atoms with Crippen LogP contribution in [0.3, 0.4) is 0 Å². The molecule has 0 aliphatic heterocycles. The predicted molar refractivity (Wildman–Crippen MR) is 87.4 cm³/mol. The first-order valence-corrected chi connectivity index (χ1v) is 7.08. The minimum absolute atomic E-state index is 0.119. The topological polar surface area (TPSA) is 84.2 Å². The van der Waals surface area contributed by atoms with E-state index >= 15 is 0 Å². The zero-order chi connectivity index (χ0) is 16.4. The van der Waals surface area contributed by atoms with Crippen molar-refractivity contribution >= 4 is 34.6 Å². The van der Waals surface area contributed by atoms with Crippen molar-refractivity contribution in [1.29, 1.82) is 0 Å². The molecular formula is C17H15N3O3. The predicted octanol–water partition coefficient (Wildman–Crippen LogP) is 3.35. The Bertz CT molecular complexity index is 899. The molecule has 0 fully saturated rings. The third kappa shape index (κ3) is 3.21. The maximum Gasteiger partial charge on any atom is 0.302 e. The number of carbonyl (C=O) groups is 2. The van der Waals surface area contributed by atoms with Gasteiger partial charge in [-0.2, -0.15) is 4.98 Å². The number of hydrogen-bond donors (Lipinski definition) is 2. The molecule has 0 aliphatic carbocycles. The van der Waals surface area contributed by atoms with Crippen LogP contribution in [0.1, 0.15) is 22.8 Å². The highest BCUT2D eigenvalue weighted by atomic mass is 16.4. The zero-order valence-corrected chi connectivity index (χ0v) is 12.7. The van der Waals surface area contributed by atoms with E-state index in [1.165, 1.54) is 6.92 Å². The summed E-state index contributed by atoms with van der Waals surface area (Å²) in [6.45, 7) is 3.29. The smallest absolute Gasteiger partial charge is 0.302 e. The zero-order valence-electron chi connectivity index (χ0n) is 12.7. The van der Waals surface area contributed by atoms with Crippen LogP contribution in [0.5, 0.6) is 0 Å². The van der Waals surface area contributed by atoms with Crippen LogP contribution in [0.4, 0.5) is 11.7 Å². The molecule has 0 unspecified atom stereocenters. The van der Waals surface area contributed by atoms with E-state index in [9.17, 15) is 9.59 Å². The number of hydrogen-bond acceptors (Lipinski definition) is 4. The lowest BCUT2D eigenvalue weighted by atomic mass is 10.1. The number of aryl methyl sites for hydroxylation is 1. The normalized spacial score (nSPS) is 10.5. The summed E-state index contributed by atoms with van der Waals surface area (Å²) in [7, 11) is 0. The molecule has 3 rings (SSSR count). The molecule has 0 aliphatic rings. The van der Waals surface area contributed by atoms with Gasteiger partial charge in [0.1, 0.15) is 5.52 Å². The van der Waals surface area contributed by atoms with E-state index < -0.39 is 0 Å². The lowest BCUT2D eigenvalue weighted by Gasteiger charge is -2.03. The minimum atomic E-state index is -0.281. The third-order valence-corrected chi connectivity index (χ3v) is 3.32. The Hall–Kier alpha value is -3.15. The van der Waals surface area contributed by atoms with Crippen LogP contribution in [-0.2, 0) is 4.79 Å². The summed E-state index contributed by atoms with van der Waals surface area (Å²) >= 11 is 0. The van der Waals surface area contributed by atoms with Crippen molar-refractivity contribution in [2.45, 2.75) is 13.8 Å². The van der Waals surface area contributed by atoms with Gasteiger partial charge in [0.25, 0.3) is 5.91 Å². The van der Waals surface area contributed by atoms with Gasteiger partial charge in [-0.25, -0.2) is 0 Å². The number of carbonyl (C=O) groups excluding carboxylic acids is 2. The molecule has 0 bridgehead atoms. The number of oxazole rings is 1. The van der Waals surface area contributed by atoms with Crippen molar-refractivity contribution in [3.8, 4) is 0 Å². The Morgan fingerprint density at radius 3 is 2.61 bits per heavy atom. The average molecular weight is 309 g/mol. The number of rotatable bonds is 3. The first-order chi connectivity index (χ1) is 11.0. The molecule has 0 saturated heterocycles. The SMILES string of the molecule is CC(=O)Nc1ccc2nc(NC(=O)c3ccccc3C)oc2c1. The molecule has 0 spiro atoms. The van der Waals surface area contributed by atoms with Gasteiger partial charge in [0.2, 0.25) is 5.91 Å². The number of benzene rings is 2. The van der Waals surface area contributed by atoms with Crippen LogP contribution in [0.2, 0.25) is 0 Å². The highest BCUT2D eigenvalue weighted by Gasteiger charge is 2.13. The molecule has 23 heavy (non-hydrogen) atoms. The van der Waals surface area contributed by atoms with Crippen molar-refractivity contribution in [3.63, 3.8) is 0 Å². The van der Waals surface area contributed by atoms with Crippen LogP contribution in [0.15, 0.2) is 46.9 Å². The standard InChI is InChI=1S/C17H15N3O3/c1-10-5-3-4-6-13(10)16(22)20-17-19-14-8-7-12(18-11(2)21)9-15(14)23-17/h3-9H,1-2H3,(H,18,21)(H,19,20,22). The molecule has 0 radical (unpaired) electrons. The highest BCUT2D eigenvalue weighted by molar-refractivity contribution is 6.04. The molecular weight excluding hydrogens is 294 g/mol. The van der Waals surface area contributed by atoms with Crippen molar-refractivity contribution in [2.24, 2.45) is 0 Å². The van der Waals surface area contributed by atoms with Crippen LogP contribution in [-0.4, -0.2) is 16.8 Å². The molecule has 2 amide bonds. The van der Waals surface area contributed by atoms with Gasteiger partial charge in [0.05, 0.1) is 0 Å². The average Bonchev–Trinajstić information content (AvgIpc) is 2.88. The Labute approximate surface area is 132 Å². The van der Waals surface area contributed by atoms with Gasteiger partial charge in [-0.05, 0) is 30.7 Å². The van der Waals surface area contributed by atoms with Crippen LogP contribution >= 0.6 is 0 Å². The van der Waals surface area contributed by atoms with Gasteiger partial charge in [-0.3, -0.25) is 14.9 Å². The molecule has 1 aromatic heterocycles. The number of amides is 2. The van der Waals surface area contributed by atoms with Crippen molar-refractivity contribution in [2.75, 3.05) is 10.6 Å². The first-order valence-electron chi connectivity index (χ1n) is 7.08. The van der Waals surface area contributed by atoms with E-state index in [4.69, 9.17) is 4.42 Å². The van der Waals surface area contributed by atoms with Crippen molar-refractivity contribution in [3.05, 3.63) is 53.6 Å². The third-order valence-electron chi connectivity index (χ3n) is 3.32. The van der Waals surface area contributed by atoms with E-state index in [0.29, 0.717) is 22.4 Å². The monoisotopic (exact) mass is 309 g/mol. The maximum absolute atomic E-state index is 12.3.